The van der Waals surface area contributed by atoms with E-state index in [9.17, 15) is 0 Å². The Morgan fingerprint density at radius 2 is 2.05 bits per heavy atom. The molecule has 0 spiro atoms. The molecule has 3 heterocycles. The van der Waals surface area contributed by atoms with Crippen molar-refractivity contribution in [3.8, 4) is 0 Å². The molecule has 0 unspecified atom stereocenters. The Hall–Kier alpha value is -2.47. The second-order valence-corrected chi connectivity index (χ2v) is 5.29. The van der Waals surface area contributed by atoms with Crippen molar-refractivity contribution in [1.29, 1.82) is 0 Å². The molecule has 0 bridgehead atoms. The van der Waals surface area contributed by atoms with Gasteiger partial charge in [-0.1, -0.05) is 6.07 Å². The highest BCUT2D eigenvalue weighted by Gasteiger charge is 2.07. The molecule has 0 N–H and O–H groups in total. The molecule has 0 aliphatic rings. The summed E-state index contributed by atoms with van der Waals surface area (Å²) in [6.45, 7) is 0. The van der Waals surface area contributed by atoms with Crippen LogP contribution in [-0.4, -0.2) is 24.6 Å². The van der Waals surface area contributed by atoms with Crippen molar-refractivity contribution >= 4 is 28.3 Å². The van der Waals surface area contributed by atoms with E-state index in [-0.39, 0.29) is 0 Å². The zero-order valence-electron chi connectivity index (χ0n) is 10.3. The first-order chi connectivity index (χ1) is 9.90. The number of benzene rings is 1. The van der Waals surface area contributed by atoms with E-state index in [4.69, 9.17) is 0 Å². The molecule has 0 radical (unpaired) electrons. The van der Waals surface area contributed by atoms with Crippen molar-refractivity contribution in [3.05, 3.63) is 55.1 Å². The van der Waals surface area contributed by atoms with Crippen LogP contribution in [0.15, 0.2) is 65.2 Å². The van der Waals surface area contributed by atoms with Gasteiger partial charge < -0.3 is 0 Å². The summed E-state index contributed by atoms with van der Waals surface area (Å²) < 4.78 is 1.92. The van der Waals surface area contributed by atoms with Gasteiger partial charge in [-0.05, 0) is 36.0 Å². The predicted molar refractivity (Wildman–Crippen MR) is 76.6 cm³/mol. The van der Waals surface area contributed by atoms with E-state index in [1.165, 1.54) is 0 Å². The Kier molecular flexibility index (Phi) is 2.60. The van der Waals surface area contributed by atoms with Gasteiger partial charge in [0.2, 0.25) is 5.16 Å². The lowest BCUT2D eigenvalue weighted by Crippen LogP contribution is -1.87. The van der Waals surface area contributed by atoms with Crippen LogP contribution in [0.4, 0.5) is 0 Å². The molecule has 3 aromatic heterocycles. The molecule has 0 atom stereocenters. The van der Waals surface area contributed by atoms with Gasteiger partial charge in [0, 0.05) is 28.9 Å². The van der Waals surface area contributed by atoms with E-state index in [0.717, 1.165) is 26.6 Å². The maximum absolute atomic E-state index is 4.32. The first-order valence-electron chi connectivity index (χ1n) is 6.07. The Labute approximate surface area is 118 Å². The average molecular weight is 279 g/mol. The third-order valence-corrected chi connectivity index (χ3v) is 3.92. The minimum absolute atomic E-state index is 0.748. The van der Waals surface area contributed by atoms with Gasteiger partial charge in [0.05, 0.1) is 11.7 Å². The summed E-state index contributed by atoms with van der Waals surface area (Å²) in [5, 5.41) is 10.2. The molecule has 4 rings (SSSR count). The number of hydrogen-bond acceptors (Lipinski definition) is 5. The fourth-order valence-electron chi connectivity index (χ4n) is 2.02. The maximum Gasteiger partial charge on any atom is 0.200 e. The number of aromatic nitrogens is 5. The summed E-state index contributed by atoms with van der Waals surface area (Å²) in [5.41, 5.74) is 1.74. The van der Waals surface area contributed by atoms with Crippen LogP contribution in [0.1, 0.15) is 0 Å². The zero-order chi connectivity index (χ0) is 13.4. The van der Waals surface area contributed by atoms with Crippen molar-refractivity contribution in [3.63, 3.8) is 0 Å². The van der Waals surface area contributed by atoms with Crippen LogP contribution in [0, 0.1) is 0 Å². The molecule has 4 aromatic rings. The van der Waals surface area contributed by atoms with Gasteiger partial charge >= 0.3 is 0 Å². The molecule has 5 nitrogen and oxygen atoms in total. The summed E-state index contributed by atoms with van der Waals surface area (Å²) in [6, 6.07) is 10.2. The standard InChI is InChI=1S/C14H9N5S/c1-2-10-8-11(3-4-12(10)16-5-1)20-14-18-17-13-9-15-6-7-19(13)14/h1-9H. The monoisotopic (exact) mass is 279 g/mol. The molecule has 1 aromatic carbocycles. The highest BCUT2D eigenvalue weighted by Crippen LogP contribution is 2.28. The highest BCUT2D eigenvalue weighted by molar-refractivity contribution is 7.99. The molecule has 6 heteroatoms. The van der Waals surface area contributed by atoms with Crippen molar-refractivity contribution in [2.45, 2.75) is 10.1 Å². The van der Waals surface area contributed by atoms with Gasteiger partial charge in [-0.3, -0.25) is 14.4 Å². The highest BCUT2D eigenvalue weighted by atomic mass is 32.2. The Bertz CT molecular complexity index is 902. The Morgan fingerprint density at radius 1 is 1.05 bits per heavy atom. The second-order valence-electron chi connectivity index (χ2n) is 4.25. The normalized spacial score (nSPS) is 11.2. The predicted octanol–water partition coefficient (Wildman–Crippen LogP) is 2.82. The van der Waals surface area contributed by atoms with Gasteiger partial charge in [0.15, 0.2) is 5.65 Å². The van der Waals surface area contributed by atoms with Gasteiger partial charge in [-0.2, -0.15) is 0 Å². The van der Waals surface area contributed by atoms with Crippen LogP contribution in [0.25, 0.3) is 16.6 Å². The lowest BCUT2D eigenvalue weighted by atomic mass is 10.2. The summed E-state index contributed by atoms with van der Waals surface area (Å²) in [7, 11) is 0. The molecule has 0 saturated carbocycles. The molecular formula is C14H9N5S. The number of fused-ring (bicyclic) bond motifs is 2. The van der Waals surface area contributed by atoms with Crippen LogP contribution < -0.4 is 0 Å². The van der Waals surface area contributed by atoms with Crippen molar-refractivity contribution in [2.75, 3.05) is 0 Å². The number of hydrogen-bond donors (Lipinski definition) is 0. The van der Waals surface area contributed by atoms with Crippen LogP contribution >= 0.6 is 11.8 Å². The first kappa shape index (κ1) is 11.4. The van der Waals surface area contributed by atoms with Gasteiger partial charge in [-0.15, -0.1) is 10.2 Å². The van der Waals surface area contributed by atoms with E-state index in [1.807, 2.05) is 28.8 Å². The largest absolute Gasteiger partial charge is 0.274 e. The molecular weight excluding hydrogens is 270 g/mol. The fraction of sp³-hybridized carbons (Fsp3) is 0. The van der Waals surface area contributed by atoms with Crippen LogP contribution in [0.5, 0.6) is 0 Å². The minimum atomic E-state index is 0.748. The van der Waals surface area contributed by atoms with E-state index in [1.54, 1.807) is 30.4 Å². The lowest BCUT2D eigenvalue weighted by molar-refractivity contribution is 0.917. The van der Waals surface area contributed by atoms with Crippen LogP contribution in [-0.2, 0) is 0 Å². The topological polar surface area (TPSA) is 56.0 Å². The fourth-order valence-corrected chi connectivity index (χ4v) is 2.89. The molecule has 0 aliphatic carbocycles. The van der Waals surface area contributed by atoms with Crippen molar-refractivity contribution < 1.29 is 0 Å². The quantitative estimate of drug-likeness (QED) is 0.564. The summed E-state index contributed by atoms with van der Waals surface area (Å²) >= 11 is 1.57. The van der Waals surface area contributed by atoms with Gasteiger partial charge in [-0.25, -0.2) is 0 Å². The van der Waals surface area contributed by atoms with E-state index >= 15 is 0 Å². The van der Waals surface area contributed by atoms with Crippen molar-refractivity contribution in [1.82, 2.24) is 24.6 Å². The average Bonchev–Trinajstić information content (AvgIpc) is 2.91. The second kappa shape index (κ2) is 4.57. The third kappa shape index (κ3) is 1.90. The number of pyridine rings is 1. The first-order valence-corrected chi connectivity index (χ1v) is 6.89. The number of rotatable bonds is 2. The van der Waals surface area contributed by atoms with E-state index in [0.29, 0.717) is 0 Å². The summed E-state index contributed by atoms with van der Waals surface area (Å²) in [6.07, 6.45) is 7.08. The van der Waals surface area contributed by atoms with Crippen molar-refractivity contribution in [2.24, 2.45) is 0 Å². The molecule has 0 saturated heterocycles. The molecule has 0 fully saturated rings. The maximum atomic E-state index is 4.32. The SMILES string of the molecule is c1cnc2ccc(Sc3nnc4cnccn34)cc2c1. The smallest absolute Gasteiger partial charge is 0.200 e. The van der Waals surface area contributed by atoms with Gasteiger partial charge in [0.1, 0.15) is 0 Å². The van der Waals surface area contributed by atoms with E-state index < -0.39 is 0 Å². The lowest BCUT2D eigenvalue weighted by Gasteiger charge is -2.02. The molecule has 0 amide bonds. The van der Waals surface area contributed by atoms with Crippen LogP contribution in [0.3, 0.4) is 0 Å². The molecule has 20 heavy (non-hydrogen) atoms. The Morgan fingerprint density at radius 3 is 3.05 bits per heavy atom. The summed E-state index contributed by atoms with van der Waals surface area (Å²) in [5.74, 6) is 0. The summed E-state index contributed by atoms with van der Waals surface area (Å²) in [4.78, 5) is 9.46. The van der Waals surface area contributed by atoms with E-state index in [2.05, 4.69) is 32.3 Å². The molecule has 0 aliphatic heterocycles. The molecule has 96 valence electrons. The number of nitrogens with zero attached hydrogens (tertiary/aromatic N) is 5. The van der Waals surface area contributed by atoms with Crippen LogP contribution in [0.2, 0.25) is 0 Å². The zero-order valence-corrected chi connectivity index (χ0v) is 11.2. The third-order valence-electron chi connectivity index (χ3n) is 2.97. The Balaban J connectivity index is 1.76. The minimum Gasteiger partial charge on any atom is -0.274 e. The van der Waals surface area contributed by atoms with Gasteiger partial charge in [0.25, 0.3) is 0 Å².